The Balaban J connectivity index is 3.66. The molecule has 2 unspecified atom stereocenters. The molecule has 0 aliphatic carbocycles. The third kappa shape index (κ3) is 14.0. The van der Waals surface area contributed by atoms with Crippen LogP contribution in [0.4, 0.5) is 0 Å². The average molecular weight is 316 g/mol. The zero-order chi connectivity index (χ0) is 15.1. The van der Waals surface area contributed by atoms with Crippen molar-refractivity contribution in [3.8, 4) is 0 Å². The Morgan fingerprint density at radius 2 is 1.05 bits per heavy atom. The topological polar surface area (TPSA) is 86.7 Å². The van der Waals surface area contributed by atoms with Crippen LogP contribution >= 0.6 is 0 Å². The van der Waals surface area contributed by atoms with Crippen LogP contribution in [-0.2, 0) is 28.6 Å². The maximum atomic E-state index is 10.9. The molecular weight excluding hydrogens is 292 g/mol. The largest absolute Gasteiger partial charge is 0.267 e. The van der Waals surface area contributed by atoms with Gasteiger partial charge in [-0.05, 0) is 26.7 Å². The maximum absolute atomic E-state index is 10.9. The van der Waals surface area contributed by atoms with Gasteiger partial charge in [0.25, 0.3) is 20.2 Å². The molecule has 0 aromatic carbocycles. The van der Waals surface area contributed by atoms with Crippen LogP contribution in [0.2, 0.25) is 0 Å². The molecule has 0 bridgehead atoms. The highest BCUT2D eigenvalue weighted by Gasteiger charge is 2.11. The number of unbranched alkanes of at least 4 members (excludes halogenated alkanes) is 2. The van der Waals surface area contributed by atoms with Gasteiger partial charge >= 0.3 is 0 Å². The molecule has 0 heterocycles. The van der Waals surface area contributed by atoms with Gasteiger partial charge in [-0.1, -0.05) is 19.3 Å². The van der Waals surface area contributed by atoms with Gasteiger partial charge in [-0.2, -0.15) is 16.8 Å². The van der Waals surface area contributed by atoms with Crippen LogP contribution in [0, 0.1) is 0 Å². The minimum Gasteiger partial charge on any atom is -0.267 e. The Bertz CT molecular complexity index is 398. The van der Waals surface area contributed by atoms with Gasteiger partial charge < -0.3 is 0 Å². The van der Waals surface area contributed by atoms with Crippen molar-refractivity contribution in [2.75, 3.05) is 12.5 Å². The SMILES string of the molecule is CC(CCCCCC(C)OS(C)(=O)=O)OS(C)(=O)=O. The van der Waals surface area contributed by atoms with Gasteiger partial charge in [0.05, 0.1) is 24.7 Å². The molecular formula is C11H24O6S2. The van der Waals surface area contributed by atoms with Crippen molar-refractivity contribution in [3.63, 3.8) is 0 Å². The second kappa shape index (κ2) is 8.18. The van der Waals surface area contributed by atoms with Crippen LogP contribution in [-0.4, -0.2) is 41.6 Å². The van der Waals surface area contributed by atoms with Crippen molar-refractivity contribution < 1.29 is 25.2 Å². The summed E-state index contributed by atoms with van der Waals surface area (Å²) >= 11 is 0. The van der Waals surface area contributed by atoms with Crippen LogP contribution in [0.5, 0.6) is 0 Å². The van der Waals surface area contributed by atoms with Crippen molar-refractivity contribution in [3.05, 3.63) is 0 Å². The Morgan fingerprint density at radius 1 is 0.737 bits per heavy atom. The predicted molar refractivity (Wildman–Crippen MR) is 73.9 cm³/mol. The van der Waals surface area contributed by atoms with Crippen LogP contribution in [0.1, 0.15) is 46.0 Å². The Hall–Kier alpha value is -0.180. The molecule has 0 radical (unpaired) electrons. The predicted octanol–water partition coefficient (Wildman–Crippen LogP) is 1.67. The fraction of sp³-hybridized carbons (Fsp3) is 1.00. The lowest BCUT2D eigenvalue weighted by atomic mass is 10.1. The first-order chi connectivity index (χ1) is 8.49. The fourth-order valence-electron chi connectivity index (χ4n) is 1.73. The van der Waals surface area contributed by atoms with Crippen LogP contribution in [0.15, 0.2) is 0 Å². The monoisotopic (exact) mass is 316 g/mol. The Morgan fingerprint density at radius 3 is 1.32 bits per heavy atom. The van der Waals surface area contributed by atoms with Gasteiger partial charge in [0.2, 0.25) is 0 Å². The summed E-state index contributed by atoms with van der Waals surface area (Å²) in [6.45, 7) is 3.44. The van der Waals surface area contributed by atoms with E-state index in [0.29, 0.717) is 12.8 Å². The summed E-state index contributed by atoms with van der Waals surface area (Å²) in [6.07, 6.45) is 5.31. The van der Waals surface area contributed by atoms with Gasteiger partial charge in [-0.25, -0.2) is 0 Å². The first-order valence-corrected chi connectivity index (χ1v) is 9.89. The standard InChI is InChI=1S/C11H24O6S2/c1-10(16-18(3,12)13)8-6-5-7-9-11(2)17-19(4,14)15/h10-11H,5-9H2,1-4H3. The third-order valence-corrected chi connectivity index (χ3v) is 3.76. The lowest BCUT2D eigenvalue weighted by Gasteiger charge is -2.12. The van der Waals surface area contributed by atoms with E-state index in [1.54, 1.807) is 13.8 Å². The summed E-state index contributed by atoms with van der Waals surface area (Å²) in [5.74, 6) is 0. The van der Waals surface area contributed by atoms with Crippen molar-refractivity contribution in [2.24, 2.45) is 0 Å². The summed E-state index contributed by atoms with van der Waals surface area (Å²) in [6, 6.07) is 0. The first-order valence-electron chi connectivity index (χ1n) is 6.26. The second-order valence-corrected chi connectivity index (χ2v) is 8.06. The van der Waals surface area contributed by atoms with E-state index >= 15 is 0 Å². The molecule has 0 rings (SSSR count). The highest BCUT2D eigenvalue weighted by molar-refractivity contribution is 7.86. The van der Waals surface area contributed by atoms with Gasteiger partial charge in [0, 0.05) is 0 Å². The molecule has 0 N–H and O–H groups in total. The van der Waals surface area contributed by atoms with Gasteiger partial charge in [0.1, 0.15) is 0 Å². The van der Waals surface area contributed by atoms with E-state index in [4.69, 9.17) is 8.37 Å². The summed E-state index contributed by atoms with van der Waals surface area (Å²) in [4.78, 5) is 0. The van der Waals surface area contributed by atoms with Crippen LogP contribution in [0.3, 0.4) is 0 Å². The van der Waals surface area contributed by atoms with Crippen molar-refractivity contribution >= 4 is 20.2 Å². The molecule has 0 saturated heterocycles. The van der Waals surface area contributed by atoms with E-state index in [2.05, 4.69) is 0 Å². The van der Waals surface area contributed by atoms with E-state index in [9.17, 15) is 16.8 Å². The molecule has 0 aromatic rings. The van der Waals surface area contributed by atoms with Gasteiger partial charge in [-0.15, -0.1) is 0 Å². The lowest BCUT2D eigenvalue weighted by molar-refractivity contribution is 0.206. The van der Waals surface area contributed by atoms with Crippen LogP contribution < -0.4 is 0 Å². The quantitative estimate of drug-likeness (QED) is 0.450. The van der Waals surface area contributed by atoms with E-state index in [1.807, 2.05) is 0 Å². The molecule has 0 saturated carbocycles. The third-order valence-electron chi connectivity index (χ3n) is 2.40. The molecule has 19 heavy (non-hydrogen) atoms. The van der Waals surface area contributed by atoms with Gasteiger partial charge in [0.15, 0.2) is 0 Å². The van der Waals surface area contributed by atoms with E-state index in [0.717, 1.165) is 31.8 Å². The minimum absolute atomic E-state index is 0.320. The van der Waals surface area contributed by atoms with Crippen molar-refractivity contribution in [2.45, 2.75) is 58.2 Å². The second-order valence-electron chi connectivity index (χ2n) is 4.86. The number of hydrogen-bond donors (Lipinski definition) is 0. The first kappa shape index (κ1) is 18.8. The van der Waals surface area contributed by atoms with E-state index in [1.165, 1.54) is 0 Å². The molecule has 6 nitrogen and oxygen atoms in total. The highest BCUT2D eigenvalue weighted by atomic mass is 32.2. The molecule has 0 aromatic heterocycles. The van der Waals surface area contributed by atoms with Crippen molar-refractivity contribution in [1.82, 2.24) is 0 Å². The zero-order valence-corrected chi connectivity index (χ0v) is 13.6. The maximum Gasteiger partial charge on any atom is 0.264 e. The molecule has 0 aliphatic heterocycles. The fourth-order valence-corrected chi connectivity index (χ4v) is 3.12. The highest BCUT2D eigenvalue weighted by Crippen LogP contribution is 2.12. The van der Waals surface area contributed by atoms with Gasteiger partial charge in [-0.3, -0.25) is 8.37 Å². The molecule has 116 valence electrons. The normalized spacial score (nSPS) is 16.2. The average Bonchev–Trinajstić information content (AvgIpc) is 2.10. The number of hydrogen-bond acceptors (Lipinski definition) is 6. The Kier molecular flexibility index (Phi) is 8.11. The Labute approximate surface area is 116 Å². The molecule has 0 fully saturated rings. The molecule has 0 spiro atoms. The van der Waals surface area contributed by atoms with Crippen LogP contribution in [0.25, 0.3) is 0 Å². The molecule has 2 atom stereocenters. The molecule has 0 amide bonds. The summed E-state index contributed by atoms with van der Waals surface area (Å²) in [7, 11) is -6.77. The van der Waals surface area contributed by atoms with E-state index < -0.39 is 20.2 Å². The van der Waals surface area contributed by atoms with E-state index in [-0.39, 0.29) is 12.2 Å². The van der Waals surface area contributed by atoms with Crippen molar-refractivity contribution in [1.29, 1.82) is 0 Å². The lowest BCUT2D eigenvalue weighted by Crippen LogP contribution is -2.14. The number of rotatable bonds is 10. The molecule has 8 heteroatoms. The molecule has 0 aliphatic rings. The smallest absolute Gasteiger partial charge is 0.264 e. The summed E-state index contributed by atoms with van der Waals surface area (Å²) in [5.41, 5.74) is 0. The minimum atomic E-state index is -3.39. The summed E-state index contributed by atoms with van der Waals surface area (Å²) < 4.78 is 53.0. The summed E-state index contributed by atoms with van der Waals surface area (Å²) in [5, 5.41) is 0. The zero-order valence-electron chi connectivity index (χ0n) is 12.0.